The summed E-state index contributed by atoms with van der Waals surface area (Å²) in [4.78, 5) is 19.9. The highest BCUT2D eigenvalue weighted by atomic mass is 79.9. The number of hydrogen-bond donors (Lipinski definition) is 1. The second kappa shape index (κ2) is 5.62. The lowest BCUT2D eigenvalue weighted by Crippen LogP contribution is -2.09. The summed E-state index contributed by atoms with van der Waals surface area (Å²) in [5, 5.41) is 14.9. The highest BCUT2D eigenvalue weighted by Gasteiger charge is 2.19. The molecule has 0 saturated heterocycles. The van der Waals surface area contributed by atoms with Gasteiger partial charge in [-0.25, -0.2) is 9.97 Å². The summed E-state index contributed by atoms with van der Waals surface area (Å²) in [6.45, 7) is 3.86. The molecule has 100 valence electrons. The van der Waals surface area contributed by atoms with E-state index >= 15 is 0 Å². The molecule has 2 aromatic heterocycles. The van der Waals surface area contributed by atoms with Crippen molar-refractivity contribution in [1.29, 1.82) is 0 Å². The summed E-state index contributed by atoms with van der Waals surface area (Å²) >= 11 is 4.73. The van der Waals surface area contributed by atoms with E-state index in [0.717, 1.165) is 9.88 Å². The van der Waals surface area contributed by atoms with Crippen molar-refractivity contribution in [3.8, 4) is 0 Å². The van der Waals surface area contributed by atoms with Crippen LogP contribution in [-0.2, 0) is 0 Å². The van der Waals surface area contributed by atoms with Crippen LogP contribution in [0.5, 0.6) is 0 Å². The minimum Gasteiger partial charge on any atom is -0.355 e. The maximum absolute atomic E-state index is 11.0. The largest absolute Gasteiger partial charge is 0.355 e. The molecule has 0 spiro atoms. The van der Waals surface area contributed by atoms with Crippen molar-refractivity contribution < 1.29 is 4.92 Å². The summed E-state index contributed by atoms with van der Waals surface area (Å²) in [5.74, 6) is 0.244. The fraction of sp³-hybridized carbons (Fsp3) is 0.273. The van der Waals surface area contributed by atoms with Gasteiger partial charge in [0.25, 0.3) is 0 Å². The molecule has 1 atom stereocenters. The Morgan fingerprint density at radius 3 is 2.79 bits per heavy atom. The molecule has 2 rings (SSSR count). The Kier molecular flexibility index (Phi) is 4.11. The SMILES string of the molecule is Cc1cnc(C(C)Nc2ncc(Br)cc2[N+](=O)[O-])s1. The Balaban J connectivity index is 2.26. The van der Waals surface area contributed by atoms with Crippen molar-refractivity contribution in [2.24, 2.45) is 0 Å². The average molecular weight is 343 g/mol. The van der Waals surface area contributed by atoms with E-state index in [4.69, 9.17) is 0 Å². The zero-order valence-electron chi connectivity index (χ0n) is 10.3. The highest BCUT2D eigenvalue weighted by molar-refractivity contribution is 9.10. The first kappa shape index (κ1) is 13.9. The summed E-state index contributed by atoms with van der Waals surface area (Å²) in [6, 6.07) is 1.29. The Labute approximate surface area is 122 Å². The lowest BCUT2D eigenvalue weighted by molar-refractivity contribution is -0.384. The number of thiazole rings is 1. The van der Waals surface area contributed by atoms with Crippen molar-refractivity contribution >= 4 is 38.8 Å². The zero-order valence-corrected chi connectivity index (χ0v) is 12.7. The van der Waals surface area contributed by atoms with Crippen LogP contribution in [0, 0.1) is 17.0 Å². The van der Waals surface area contributed by atoms with Crippen LogP contribution in [0.2, 0.25) is 0 Å². The van der Waals surface area contributed by atoms with Gasteiger partial charge in [0.05, 0.1) is 11.0 Å². The Bertz CT molecular complexity index is 616. The van der Waals surface area contributed by atoms with Crippen LogP contribution in [0.15, 0.2) is 22.9 Å². The molecule has 0 fully saturated rings. The van der Waals surface area contributed by atoms with Crippen LogP contribution >= 0.6 is 27.3 Å². The molecule has 19 heavy (non-hydrogen) atoms. The van der Waals surface area contributed by atoms with Crippen molar-refractivity contribution in [3.05, 3.63) is 42.9 Å². The number of nitrogens with one attached hydrogen (secondary N) is 1. The fourth-order valence-electron chi connectivity index (χ4n) is 1.52. The average Bonchev–Trinajstić information content (AvgIpc) is 2.78. The molecule has 0 aromatic carbocycles. The molecule has 0 aliphatic rings. The van der Waals surface area contributed by atoms with Gasteiger partial charge in [-0.1, -0.05) is 0 Å². The first-order valence-electron chi connectivity index (χ1n) is 5.46. The Morgan fingerprint density at radius 2 is 2.21 bits per heavy atom. The van der Waals surface area contributed by atoms with Gasteiger partial charge in [0.15, 0.2) is 0 Å². The predicted octanol–water partition coefficient (Wildman–Crippen LogP) is 3.69. The second-order valence-electron chi connectivity index (χ2n) is 3.95. The number of nitrogens with zero attached hydrogens (tertiary/aromatic N) is 3. The lowest BCUT2D eigenvalue weighted by atomic mass is 10.3. The first-order valence-corrected chi connectivity index (χ1v) is 7.07. The number of aromatic nitrogens is 2. The molecule has 0 saturated carbocycles. The van der Waals surface area contributed by atoms with Crippen LogP contribution in [0.3, 0.4) is 0 Å². The van der Waals surface area contributed by atoms with Gasteiger partial charge >= 0.3 is 5.69 Å². The number of pyridine rings is 1. The molecule has 0 aliphatic heterocycles. The summed E-state index contributed by atoms with van der Waals surface area (Å²) < 4.78 is 0.572. The molecule has 2 heterocycles. The van der Waals surface area contributed by atoms with E-state index in [1.54, 1.807) is 17.5 Å². The van der Waals surface area contributed by atoms with Crippen molar-refractivity contribution in [3.63, 3.8) is 0 Å². The van der Waals surface area contributed by atoms with E-state index in [1.807, 2.05) is 13.8 Å². The Morgan fingerprint density at radius 1 is 1.47 bits per heavy atom. The molecule has 0 aliphatic carbocycles. The normalized spacial score (nSPS) is 12.2. The van der Waals surface area contributed by atoms with Gasteiger partial charge in [0.2, 0.25) is 5.82 Å². The number of aryl methyl sites for hydroxylation is 1. The van der Waals surface area contributed by atoms with Gasteiger partial charge < -0.3 is 5.32 Å². The summed E-state index contributed by atoms with van der Waals surface area (Å²) in [5.41, 5.74) is -0.0606. The molecular weight excluding hydrogens is 332 g/mol. The van der Waals surface area contributed by atoms with Crippen molar-refractivity contribution in [2.75, 3.05) is 5.32 Å². The quantitative estimate of drug-likeness (QED) is 0.676. The van der Waals surface area contributed by atoms with Crippen LogP contribution in [0.4, 0.5) is 11.5 Å². The third-order valence-corrected chi connectivity index (χ3v) is 3.92. The standard InChI is InChI=1S/C11H11BrN4O2S/c1-6-4-14-11(19-6)7(2)15-10-9(16(17)18)3-8(12)5-13-10/h3-5,7H,1-2H3,(H,13,15). The molecule has 0 bridgehead atoms. The molecule has 0 amide bonds. The van der Waals surface area contributed by atoms with Gasteiger partial charge in [-0.05, 0) is 29.8 Å². The topological polar surface area (TPSA) is 81.0 Å². The number of rotatable bonds is 4. The predicted molar refractivity (Wildman–Crippen MR) is 77.5 cm³/mol. The van der Waals surface area contributed by atoms with E-state index in [0.29, 0.717) is 4.47 Å². The maximum atomic E-state index is 11.0. The molecule has 2 aromatic rings. The summed E-state index contributed by atoms with van der Waals surface area (Å²) in [7, 11) is 0. The van der Waals surface area contributed by atoms with Crippen LogP contribution in [-0.4, -0.2) is 14.9 Å². The first-order chi connectivity index (χ1) is 8.97. The van der Waals surface area contributed by atoms with E-state index in [-0.39, 0.29) is 17.5 Å². The number of nitro groups is 1. The van der Waals surface area contributed by atoms with Crippen molar-refractivity contribution in [1.82, 2.24) is 9.97 Å². The van der Waals surface area contributed by atoms with Gasteiger partial charge in [-0.2, -0.15) is 0 Å². The summed E-state index contributed by atoms with van der Waals surface area (Å²) in [6.07, 6.45) is 3.30. The highest BCUT2D eigenvalue weighted by Crippen LogP contribution is 2.29. The minimum absolute atomic E-state index is 0.0606. The van der Waals surface area contributed by atoms with E-state index in [2.05, 4.69) is 31.2 Å². The van der Waals surface area contributed by atoms with E-state index in [1.165, 1.54) is 12.3 Å². The smallest absolute Gasteiger partial charge is 0.312 e. The zero-order chi connectivity index (χ0) is 14.0. The van der Waals surface area contributed by atoms with Crippen LogP contribution in [0.1, 0.15) is 22.9 Å². The van der Waals surface area contributed by atoms with E-state index < -0.39 is 4.92 Å². The van der Waals surface area contributed by atoms with E-state index in [9.17, 15) is 10.1 Å². The third kappa shape index (κ3) is 3.27. The molecule has 0 radical (unpaired) electrons. The minimum atomic E-state index is -0.458. The third-order valence-electron chi connectivity index (χ3n) is 2.39. The van der Waals surface area contributed by atoms with Gasteiger partial charge in [-0.3, -0.25) is 10.1 Å². The number of hydrogen-bond acceptors (Lipinski definition) is 6. The molecule has 6 nitrogen and oxygen atoms in total. The molecular formula is C11H11BrN4O2S. The van der Waals surface area contributed by atoms with Crippen LogP contribution in [0.25, 0.3) is 0 Å². The fourth-order valence-corrected chi connectivity index (χ4v) is 2.61. The number of halogens is 1. The van der Waals surface area contributed by atoms with Gasteiger partial charge in [-0.15, -0.1) is 11.3 Å². The maximum Gasteiger partial charge on any atom is 0.312 e. The second-order valence-corrected chi connectivity index (χ2v) is 6.14. The van der Waals surface area contributed by atoms with Gasteiger partial charge in [0.1, 0.15) is 5.01 Å². The molecule has 1 unspecified atom stereocenters. The molecule has 1 N–H and O–H groups in total. The molecule has 8 heteroatoms. The lowest BCUT2D eigenvalue weighted by Gasteiger charge is -2.11. The van der Waals surface area contributed by atoms with Crippen molar-refractivity contribution in [2.45, 2.75) is 19.9 Å². The van der Waals surface area contributed by atoms with Crippen LogP contribution < -0.4 is 5.32 Å². The van der Waals surface area contributed by atoms with Gasteiger partial charge in [0, 0.05) is 27.8 Å². The number of anilines is 1. The Hall–Kier alpha value is -1.54. The monoisotopic (exact) mass is 342 g/mol.